The summed E-state index contributed by atoms with van der Waals surface area (Å²) >= 11 is 0. The van der Waals surface area contributed by atoms with Gasteiger partial charge in [-0.05, 0) is 90.0 Å². The molecule has 272 valence electrons. The van der Waals surface area contributed by atoms with E-state index in [4.69, 9.17) is 14.9 Å². The number of alkyl halides is 3. The first-order valence-electron chi connectivity index (χ1n) is 16.1. The Kier molecular flexibility index (Phi) is 13.6. The van der Waals surface area contributed by atoms with Crippen molar-refractivity contribution >= 4 is 35.4 Å². The van der Waals surface area contributed by atoms with E-state index in [2.05, 4.69) is 39.7 Å². The van der Waals surface area contributed by atoms with Gasteiger partial charge in [-0.1, -0.05) is 26.0 Å². The van der Waals surface area contributed by atoms with Crippen molar-refractivity contribution in [1.29, 1.82) is 0 Å². The van der Waals surface area contributed by atoms with Crippen LogP contribution < -0.4 is 20.9 Å². The molecular weight excluding hydrogens is 665 g/mol. The van der Waals surface area contributed by atoms with Crippen molar-refractivity contribution in [3.8, 4) is 11.3 Å². The Morgan fingerprint density at radius 2 is 1.68 bits per heavy atom. The zero-order valence-corrected chi connectivity index (χ0v) is 28.7. The molecule has 4 rings (SSSR count). The molecule has 16 heteroatoms. The average Bonchev–Trinajstić information content (AvgIpc) is 3.03. The fraction of sp³-hybridized carbons (Fsp3) is 0.441. The highest BCUT2D eigenvalue weighted by atomic mass is 19.4. The molecule has 2 aromatic carbocycles. The fourth-order valence-corrected chi connectivity index (χ4v) is 5.17. The summed E-state index contributed by atoms with van der Waals surface area (Å²) < 4.78 is 61.8. The normalized spacial score (nSPS) is 13.3. The van der Waals surface area contributed by atoms with E-state index in [1.165, 1.54) is 6.07 Å². The second kappa shape index (κ2) is 17.2. The molecule has 0 saturated heterocycles. The first-order valence-corrected chi connectivity index (χ1v) is 16.1. The van der Waals surface area contributed by atoms with Crippen molar-refractivity contribution < 1.29 is 41.4 Å². The van der Waals surface area contributed by atoms with Gasteiger partial charge in [0.25, 0.3) is 5.91 Å². The smallest absolute Gasteiger partial charge is 0.475 e. The van der Waals surface area contributed by atoms with Crippen LogP contribution in [0.2, 0.25) is 0 Å². The van der Waals surface area contributed by atoms with E-state index in [0.717, 1.165) is 55.1 Å². The summed E-state index contributed by atoms with van der Waals surface area (Å²) in [6.45, 7) is 14.9. The van der Waals surface area contributed by atoms with E-state index in [0.29, 0.717) is 22.4 Å². The number of hydrogen-bond donors (Lipinski definition) is 4. The second-order valence-electron chi connectivity index (χ2n) is 11.9. The van der Waals surface area contributed by atoms with E-state index in [1.54, 1.807) is 12.1 Å². The summed E-state index contributed by atoms with van der Waals surface area (Å²) in [6, 6.07) is 7.97. The highest BCUT2D eigenvalue weighted by Crippen LogP contribution is 2.39. The molecule has 2 heterocycles. The minimum absolute atomic E-state index is 0.0261. The number of halogens is 5. The standard InChI is InChI=1S/C32H41F2N7O2.C2HF3O2/c1-7-40(8-2)16-10-11-21(6)37-31-38-27(23-17-22(15-14-20(23)5)30(42)36-19(3)4)24-18-35-32(43)41(29(24)39-31)28-25(33)12-9-13-26(28)34;3-2(4,5)1(6)7/h9,12-15,17,19,21H,7-8,10-11,16,18H2,1-6H3,(H,35,43)(H,36,42)(H,37,38,39);(H,6,7). The maximum atomic E-state index is 15.0. The predicted molar refractivity (Wildman–Crippen MR) is 179 cm³/mol. The monoisotopic (exact) mass is 707 g/mol. The third kappa shape index (κ3) is 10.1. The Morgan fingerprint density at radius 1 is 1.06 bits per heavy atom. The van der Waals surface area contributed by atoms with Crippen LogP contribution >= 0.6 is 0 Å². The molecule has 0 bridgehead atoms. The van der Waals surface area contributed by atoms with E-state index >= 15 is 8.78 Å². The molecule has 0 radical (unpaired) electrons. The van der Waals surface area contributed by atoms with Crippen molar-refractivity contribution in [2.75, 3.05) is 29.9 Å². The van der Waals surface area contributed by atoms with Gasteiger partial charge < -0.3 is 26.0 Å². The number of benzene rings is 2. The summed E-state index contributed by atoms with van der Waals surface area (Å²) in [7, 11) is 0. The van der Waals surface area contributed by atoms with Crippen molar-refractivity contribution in [1.82, 2.24) is 25.5 Å². The molecule has 50 heavy (non-hydrogen) atoms. The van der Waals surface area contributed by atoms with Crippen LogP contribution in [0.25, 0.3) is 11.3 Å². The zero-order valence-electron chi connectivity index (χ0n) is 28.7. The summed E-state index contributed by atoms with van der Waals surface area (Å²) in [6.07, 6.45) is -3.29. The molecule has 0 spiro atoms. The lowest BCUT2D eigenvalue weighted by molar-refractivity contribution is -0.192. The molecule has 0 aliphatic carbocycles. The van der Waals surface area contributed by atoms with Crippen LogP contribution in [0.15, 0.2) is 36.4 Å². The van der Waals surface area contributed by atoms with Gasteiger partial charge in [-0.15, -0.1) is 0 Å². The molecule has 4 N–H and O–H groups in total. The molecule has 1 unspecified atom stereocenters. The highest BCUT2D eigenvalue weighted by molar-refractivity contribution is 6.02. The molecule has 1 atom stereocenters. The maximum Gasteiger partial charge on any atom is 0.490 e. The number of para-hydroxylation sites is 1. The number of anilines is 3. The largest absolute Gasteiger partial charge is 0.490 e. The van der Waals surface area contributed by atoms with Crippen molar-refractivity contribution in [2.24, 2.45) is 0 Å². The zero-order chi connectivity index (χ0) is 37.3. The lowest BCUT2D eigenvalue weighted by Crippen LogP contribution is -2.43. The number of rotatable bonds is 12. The van der Waals surface area contributed by atoms with Gasteiger partial charge in [0, 0.05) is 28.8 Å². The SMILES string of the molecule is CCN(CC)CCCC(C)Nc1nc(-c2cc(C(=O)NC(C)C)ccc2C)c2c(n1)N(c1c(F)cccc1F)C(=O)NC2.O=C(O)C(F)(F)F. The molecule has 3 amide bonds. The number of carboxylic acids is 1. The summed E-state index contributed by atoms with van der Waals surface area (Å²) in [5.41, 5.74) is 2.34. The summed E-state index contributed by atoms with van der Waals surface area (Å²) in [5, 5.41) is 16.1. The highest BCUT2D eigenvalue weighted by Gasteiger charge is 2.38. The minimum atomic E-state index is -5.08. The van der Waals surface area contributed by atoms with Gasteiger partial charge in [0.15, 0.2) is 5.82 Å². The van der Waals surface area contributed by atoms with E-state index in [9.17, 15) is 22.8 Å². The molecule has 1 aliphatic heterocycles. The van der Waals surface area contributed by atoms with Gasteiger partial charge in [0.1, 0.15) is 17.3 Å². The Balaban J connectivity index is 0.000000872. The third-order valence-electron chi connectivity index (χ3n) is 7.78. The number of fused-ring (bicyclic) bond motifs is 1. The van der Waals surface area contributed by atoms with Crippen LogP contribution in [0.3, 0.4) is 0 Å². The maximum absolute atomic E-state index is 15.0. The van der Waals surface area contributed by atoms with Gasteiger partial charge in [0.05, 0.1) is 12.2 Å². The number of nitrogens with zero attached hydrogens (tertiary/aromatic N) is 4. The van der Waals surface area contributed by atoms with Crippen LogP contribution in [0.4, 0.5) is 44.2 Å². The Morgan fingerprint density at radius 3 is 2.24 bits per heavy atom. The van der Waals surface area contributed by atoms with Gasteiger partial charge in [-0.25, -0.2) is 28.3 Å². The van der Waals surface area contributed by atoms with Gasteiger partial charge in [-0.3, -0.25) is 4.79 Å². The number of aliphatic carboxylic acids is 1. The Bertz CT molecular complexity index is 1660. The van der Waals surface area contributed by atoms with Crippen molar-refractivity contribution in [3.63, 3.8) is 0 Å². The molecule has 0 saturated carbocycles. The number of aromatic nitrogens is 2. The number of carboxylic acid groups (broad SMARTS) is 1. The van der Waals surface area contributed by atoms with Crippen LogP contribution in [-0.2, 0) is 11.3 Å². The molecule has 0 fully saturated rings. The first kappa shape index (κ1) is 39.6. The average molecular weight is 708 g/mol. The number of aryl methyl sites for hydroxylation is 1. The van der Waals surface area contributed by atoms with E-state index < -0.39 is 35.5 Å². The fourth-order valence-electron chi connectivity index (χ4n) is 5.17. The number of nitrogens with one attached hydrogen (secondary N) is 3. The topological polar surface area (TPSA) is 140 Å². The molecular formula is C34H42F5N7O4. The molecule has 1 aliphatic rings. The number of carbonyl (C=O) groups is 3. The lowest BCUT2D eigenvalue weighted by Gasteiger charge is -2.31. The van der Waals surface area contributed by atoms with Gasteiger partial charge >= 0.3 is 18.2 Å². The van der Waals surface area contributed by atoms with E-state index in [1.807, 2.05) is 33.8 Å². The number of urea groups is 1. The number of hydrogen-bond acceptors (Lipinski definition) is 7. The second-order valence-corrected chi connectivity index (χ2v) is 11.9. The Hall–Kier alpha value is -4.86. The molecule has 11 nitrogen and oxygen atoms in total. The van der Waals surface area contributed by atoms with Crippen molar-refractivity contribution in [3.05, 3.63) is 64.7 Å². The van der Waals surface area contributed by atoms with E-state index in [-0.39, 0.29) is 36.3 Å². The van der Waals surface area contributed by atoms with Crippen molar-refractivity contribution in [2.45, 2.75) is 79.2 Å². The predicted octanol–water partition coefficient (Wildman–Crippen LogP) is 6.79. The lowest BCUT2D eigenvalue weighted by atomic mass is 9.97. The quantitative estimate of drug-likeness (QED) is 0.151. The summed E-state index contributed by atoms with van der Waals surface area (Å²) in [5.74, 6) is -4.49. The number of amides is 3. The van der Waals surface area contributed by atoms with Crippen LogP contribution in [0, 0.1) is 18.6 Å². The van der Waals surface area contributed by atoms with Gasteiger partial charge in [-0.2, -0.15) is 18.2 Å². The minimum Gasteiger partial charge on any atom is -0.475 e. The first-order chi connectivity index (χ1) is 23.5. The van der Waals surface area contributed by atoms with Crippen LogP contribution in [0.5, 0.6) is 0 Å². The molecule has 3 aromatic rings. The molecule has 1 aromatic heterocycles. The third-order valence-corrected chi connectivity index (χ3v) is 7.78. The van der Waals surface area contributed by atoms with Crippen LogP contribution in [-0.4, -0.2) is 75.8 Å². The van der Waals surface area contributed by atoms with Gasteiger partial charge in [0.2, 0.25) is 5.95 Å². The van der Waals surface area contributed by atoms with Crippen LogP contribution in [0.1, 0.15) is 68.9 Å². The Labute approximate surface area is 287 Å². The number of carbonyl (C=O) groups excluding carboxylic acids is 2. The summed E-state index contributed by atoms with van der Waals surface area (Å²) in [4.78, 5) is 47.7.